The molecule has 3 rings (SSSR count). The summed E-state index contributed by atoms with van der Waals surface area (Å²) < 4.78 is 22.6. The molecular weight excluding hydrogens is 554 g/mol. The predicted molar refractivity (Wildman–Crippen MR) is 144 cm³/mol. The summed E-state index contributed by atoms with van der Waals surface area (Å²) in [5.41, 5.74) is -3.33. The zero-order valence-corrected chi connectivity index (χ0v) is 24.1. The highest BCUT2D eigenvalue weighted by Gasteiger charge is 2.24. The van der Waals surface area contributed by atoms with Crippen LogP contribution in [0.3, 0.4) is 0 Å². The van der Waals surface area contributed by atoms with E-state index in [-0.39, 0.29) is 0 Å². The molecule has 1 aromatic carbocycles. The van der Waals surface area contributed by atoms with Crippen molar-refractivity contribution in [3.63, 3.8) is 0 Å². The van der Waals surface area contributed by atoms with E-state index in [1.165, 1.54) is 22.8 Å². The highest BCUT2D eigenvalue weighted by Crippen LogP contribution is 2.64. The number of nitrogens with zero attached hydrogens (tertiary/aromatic N) is 4. The van der Waals surface area contributed by atoms with Gasteiger partial charge in [0.15, 0.2) is 11.6 Å². The molecule has 2 N–H and O–H groups in total. The first-order chi connectivity index (χ1) is 16.3. The van der Waals surface area contributed by atoms with E-state index in [0.717, 1.165) is 11.1 Å². The molecule has 0 saturated heterocycles. The van der Waals surface area contributed by atoms with E-state index in [1.807, 2.05) is 52.0 Å². The van der Waals surface area contributed by atoms with Gasteiger partial charge in [-0.15, -0.1) is 10.2 Å². The van der Waals surface area contributed by atoms with Crippen molar-refractivity contribution in [2.75, 3.05) is 26.4 Å². The molecule has 10 nitrogen and oxygen atoms in total. The topological polar surface area (TPSA) is 120 Å². The quantitative estimate of drug-likeness (QED) is 0.216. The van der Waals surface area contributed by atoms with Gasteiger partial charge in [0.2, 0.25) is 10.3 Å². The molecule has 0 radical (unpaired) electrons. The molecule has 0 unspecified atom stereocenters. The molecule has 34 heavy (non-hydrogen) atoms. The average molecular weight is 581 g/mol. The van der Waals surface area contributed by atoms with Crippen LogP contribution in [0.25, 0.3) is 22.8 Å². The van der Waals surface area contributed by atoms with E-state index < -0.39 is 11.4 Å². The van der Waals surface area contributed by atoms with E-state index in [4.69, 9.17) is 41.7 Å². The second-order valence-corrected chi connectivity index (χ2v) is 18.4. The van der Waals surface area contributed by atoms with E-state index in [2.05, 4.69) is 30.4 Å². The van der Waals surface area contributed by atoms with Gasteiger partial charge >= 0.3 is 0 Å². The number of benzene rings is 1. The first-order valence-electron chi connectivity index (χ1n) is 10.5. The van der Waals surface area contributed by atoms with Crippen LogP contribution in [-0.4, -0.2) is 56.8 Å². The van der Waals surface area contributed by atoms with Crippen LogP contribution < -0.4 is 0 Å². The van der Waals surface area contributed by atoms with Crippen molar-refractivity contribution < 1.29 is 18.1 Å². The Bertz CT molecular complexity index is 1050. The highest BCUT2D eigenvalue weighted by molar-refractivity contribution is 8.68. The maximum atomic E-state index is 5.65. The van der Waals surface area contributed by atoms with Crippen LogP contribution in [0.1, 0.15) is 27.7 Å². The van der Waals surface area contributed by atoms with Crippen LogP contribution in [-0.2, 0) is 41.7 Å². The third-order valence-corrected chi connectivity index (χ3v) is 13.5. The van der Waals surface area contributed by atoms with Gasteiger partial charge in [0.25, 0.3) is 11.4 Å². The fraction of sp³-hybridized carbons (Fsp3) is 0.444. The third-order valence-electron chi connectivity index (χ3n) is 3.90. The molecule has 16 heteroatoms. The molecule has 0 bridgehead atoms. The van der Waals surface area contributed by atoms with Crippen LogP contribution >= 0.6 is 34.2 Å². The van der Waals surface area contributed by atoms with Crippen LogP contribution in [0.4, 0.5) is 0 Å². The monoisotopic (exact) mass is 580 g/mol. The van der Waals surface area contributed by atoms with Gasteiger partial charge < -0.3 is 18.1 Å². The van der Waals surface area contributed by atoms with Gasteiger partial charge in [-0.3, -0.25) is 10.2 Å². The minimum absolute atomic E-state index is 0.470. The van der Waals surface area contributed by atoms with E-state index in [0.29, 0.717) is 48.4 Å². The summed E-state index contributed by atoms with van der Waals surface area (Å²) in [7, 11) is 0. The summed E-state index contributed by atoms with van der Waals surface area (Å²) in [6.07, 6.45) is 0. The van der Waals surface area contributed by atoms with Gasteiger partial charge in [-0.25, -0.2) is 9.97 Å². The number of hydrogen-bond acceptors (Lipinski definition) is 12. The molecule has 0 aliphatic heterocycles. The van der Waals surface area contributed by atoms with Gasteiger partial charge in [-0.2, -0.15) is 0 Å². The van der Waals surface area contributed by atoms with E-state index in [1.54, 1.807) is 0 Å². The van der Waals surface area contributed by atoms with Gasteiger partial charge in [-0.1, -0.05) is 24.3 Å². The maximum absolute atomic E-state index is 5.65. The maximum Gasteiger partial charge on any atom is 0.255 e. The van der Waals surface area contributed by atoms with E-state index in [9.17, 15) is 0 Å². The number of aromatic nitrogens is 6. The molecule has 0 fully saturated rings. The molecule has 0 amide bonds. The molecule has 2 heterocycles. The lowest BCUT2D eigenvalue weighted by atomic mass is 10.1. The van der Waals surface area contributed by atoms with Crippen molar-refractivity contribution in [3.05, 3.63) is 24.3 Å². The summed E-state index contributed by atoms with van der Waals surface area (Å²) in [6.45, 7) is 9.41. The Morgan fingerprint density at radius 3 is 1.29 bits per heavy atom. The van der Waals surface area contributed by atoms with Crippen molar-refractivity contribution in [2.24, 2.45) is 0 Å². The lowest BCUT2D eigenvalue weighted by molar-refractivity contribution is 0.280. The van der Waals surface area contributed by atoms with Crippen molar-refractivity contribution in [3.8, 4) is 22.8 Å². The molecule has 0 saturated carbocycles. The molecule has 0 aliphatic rings. The fourth-order valence-corrected chi connectivity index (χ4v) is 11.1. The Balaban J connectivity index is 1.71. The second kappa shape index (κ2) is 13.0. The van der Waals surface area contributed by atoms with Gasteiger partial charge in [0, 0.05) is 33.9 Å². The summed E-state index contributed by atoms with van der Waals surface area (Å²) in [4.78, 5) is 9.07. The molecule has 0 spiro atoms. The summed E-state index contributed by atoms with van der Waals surface area (Å²) in [5.74, 6) is 1.23. The summed E-state index contributed by atoms with van der Waals surface area (Å²) in [6, 6.07) is 7.69. The fourth-order valence-electron chi connectivity index (χ4n) is 2.63. The van der Waals surface area contributed by atoms with Gasteiger partial charge in [0.05, 0.1) is 26.4 Å². The summed E-state index contributed by atoms with van der Waals surface area (Å²) in [5, 5.41) is 15.4. The van der Waals surface area contributed by atoms with Crippen molar-refractivity contribution >= 4 is 57.8 Å². The van der Waals surface area contributed by atoms with Crippen molar-refractivity contribution in [2.45, 2.75) is 38.0 Å². The number of aromatic amines is 2. The largest absolute Gasteiger partial charge is 0.322 e. The molecule has 186 valence electrons. The minimum Gasteiger partial charge on any atom is -0.322 e. The van der Waals surface area contributed by atoms with Crippen molar-refractivity contribution in [1.82, 2.24) is 30.4 Å². The number of nitrogens with one attached hydrogen (secondary N) is 2. The first-order valence-corrected chi connectivity index (χ1v) is 18.6. The Hall–Kier alpha value is -0.660. The molecule has 0 atom stereocenters. The standard InChI is InChI=1S/C18H26N6O4P2S4/c1-5-25-29(31,26-6-2)33-17-19-15(21-23-17)13-9-11-14(12-10-13)16-20-18(24-22-16)34-30(32,27-7-3)28-8-4/h9-12H,5-8H2,1-4H3,(H,19,21,23)(H,20,22,24). The van der Waals surface area contributed by atoms with Crippen LogP contribution in [0.2, 0.25) is 0 Å². The number of H-pyrrole nitrogens is 2. The second-order valence-electron chi connectivity index (χ2n) is 6.26. The Kier molecular flexibility index (Phi) is 10.7. The zero-order valence-electron chi connectivity index (χ0n) is 19.1. The Morgan fingerprint density at radius 1 is 0.676 bits per heavy atom. The molecule has 0 aliphatic carbocycles. The smallest absolute Gasteiger partial charge is 0.255 e. The van der Waals surface area contributed by atoms with Gasteiger partial charge in [-0.05, 0) is 51.3 Å². The lowest BCUT2D eigenvalue weighted by Crippen LogP contribution is -1.92. The Morgan fingerprint density at radius 2 is 1.00 bits per heavy atom. The highest BCUT2D eigenvalue weighted by atomic mass is 32.9. The van der Waals surface area contributed by atoms with E-state index >= 15 is 0 Å². The Labute approximate surface area is 216 Å². The predicted octanol–water partition coefficient (Wildman–Crippen LogP) is 6.04. The summed E-state index contributed by atoms with van der Waals surface area (Å²) >= 11 is 13.6. The number of rotatable bonds is 14. The van der Waals surface area contributed by atoms with Crippen molar-refractivity contribution in [1.29, 1.82) is 0 Å². The number of hydrogen-bond donors (Lipinski definition) is 2. The van der Waals surface area contributed by atoms with Crippen LogP contribution in [0.15, 0.2) is 34.6 Å². The molecule has 2 aromatic heterocycles. The molecular formula is C18H26N6O4P2S4. The minimum atomic E-state index is -2.53. The van der Waals surface area contributed by atoms with Crippen LogP contribution in [0, 0.1) is 0 Å². The normalized spacial score (nSPS) is 12.4. The van der Waals surface area contributed by atoms with Crippen LogP contribution in [0.5, 0.6) is 0 Å². The SMILES string of the molecule is CCOP(=S)(OCC)Sc1n[nH]c(-c2ccc(-c3nc(SP(=S)(OCC)OCC)n[nH]3)cc2)n1. The lowest BCUT2D eigenvalue weighted by Gasteiger charge is -2.17. The van der Waals surface area contributed by atoms with Gasteiger partial charge in [0.1, 0.15) is 0 Å². The zero-order chi connectivity index (χ0) is 24.6. The first kappa shape index (κ1) is 27.9. The third kappa shape index (κ3) is 7.67. The average Bonchev–Trinajstić information content (AvgIpc) is 3.44. The molecule has 3 aromatic rings.